The van der Waals surface area contributed by atoms with Gasteiger partial charge in [-0.15, -0.1) is 6.42 Å². The predicted octanol–water partition coefficient (Wildman–Crippen LogP) is 4.97. The van der Waals surface area contributed by atoms with E-state index in [9.17, 15) is 24.6 Å². The Labute approximate surface area is 256 Å². The number of para-hydroxylation sites is 1. The summed E-state index contributed by atoms with van der Waals surface area (Å²) in [4.78, 5) is 42.3. The molecular weight excluding hydrogens is 570 g/mol. The zero-order valence-electron chi connectivity index (χ0n) is 24.6. The number of benzene rings is 3. The van der Waals surface area contributed by atoms with E-state index in [-0.39, 0.29) is 18.7 Å². The van der Waals surface area contributed by atoms with Gasteiger partial charge in [0, 0.05) is 18.5 Å². The van der Waals surface area contributed by atoms with E-state index in [1.54, 1.807) is 82.3 Å². The number of nitrogens with zero attached hydrogens (tertiary/aromatic N) is 1. The molecule has 4 N–H and O–H groups in total. The van der Waals surface area contributed by atoms with Crippen LogP contribution in [0.4, 0.5) is 10.5 Å². The average molecular weight is 606 g/mol. The fourth-order valence-electron chi connectivity index (χ4n) is 4.41. The maximum atomic E-state index is 14.3. The van der Waals surface area contributed by atoms with Crippen LogP contribution < -0.4 is 10.6 Å². The molecule has 0 bridgehead atoms. The Morgan fingerprint density at radius 2 is 1.70 bits per heavy atom. The van der Waals surface area contributed by atoms with Crippen molar-refractivity contribution in [2.45, 2.75) is 51.8 Å². The number of ether oxygens (including phenoxy) is 1. The lowest BCUT2D eigenvalue weighted by atomic mass is 9.99. The lowest BCUT2D eigenvalue weighted by Crippen LogP contribution is -2.53. The van der Waals surface area contributed by atoms with Gasteiger partial charge in [-0.1, -0.05) is 53.9 Å². The van der Waals surface area contributed by atoms with Crippen LogP contribution in [0, 0.1) is 19.3 Å². The molecule has 9 nitrogen and oxygen atoms in total. The van der Waals surface area contributed by atoms with Gasteiger partial charge in [0.2, 0.25) is 5.91 Å². The molecule has 0 aromatic heterocycles. The lowest BCUT2D eigenvalue weighted by molar-refractivity contribution is -0.141. The highest BCUT2D eigenvalue weighted by atomic mass is 35.5. The highest BCUT2D eigenvalue weighted by molar-refractivity contribution is 6.34. The number of anilines is 1. The van der Waals surface area contributed by atoms with Crippen LogP contribution in [0.2, 0.25) is 5.02 Å². The maximum absolute atomic E-state index is 14.3. The number of aromatic hydroxyl groups is 1. The summed E-state index contributed by atoms with van der Waals surface area (Å²) >= 11 is 6.39. The normalized spacial score (nSPS) is 12.4. The van der Waals surface area contributed by atoms with E-state index < -0.39 is 42.2 Å². The molecule has 0 heterocycles. The number of carbonyl (C=O) groups excluding carboxylic acids is 3. The number of aryl methyl sites for hydroxylation is 1. The van der Waals surface area contributed by atoms with Gasteiger partial charge >= 0.3 is 6.09 Å². The van der Waals surface area contributed by atoms with Crippen LogP contribution in [0.5, 0.6) is 5.75 Å². The highest BCUT2D eigenvalue weighted by Gasteiger charge is 2.36. The van der Waals surface area contributed by atoms with Crippen LogP contribution >= 0.6 is 11.6 Å². The second-order valence-corrected chi connectivity index (χ2v) is 11.3. The third kappa shape index (κ3) is 9.23. The average Bonchev–Trinajstić information content (AvgIpc) is 2.94. The van der Waals surface area contributed by atoms with Gasteiger partial charge in [-0.05, 0) is 74.7 Å². The van der Waals surface area contributed by atoms with Crippen molar-refractivity contribution in [2.24, 2.45) is 0 Å². The number of aliphatic hydroxyl groups is 1. The molecule has 3 rings (SSSR count). The molecule has 2 atom stereocenters. The van der Waals surface area contributed by atoms with E-state index in [4.69, 9.17) is 22.8 Å². The summed E-state index contributed by atoms with van der Waals surface area (Å²) in [5.74, 6) is 1.33. The molecule has 0 fully saturated rings. The van der Waals surface area contributed by atoms with Gasteiger partial charge in [0.25, 0.3) is 5.91 Å². The minimum absolute atomic E-state index is 0.00821. The first-order chi connectivity index (χ1) is 20.3. The van der Waals surface area contributed by atoms with Crippen molar-refractivity contribution in [1.82, 2.24) is 10.2 Å². The Morgan fingerprint density at radius 1 is 1.05 bits per heavy atom. The largest absolute Gasteiger partial charge is 0.508 e. The number of aliphatic hydroxyl groups excluding tert-OH is 1. The monoisotopic (exact) mass is 605 g/mol. The fourth-order valence-corrected chi connectivity index (χ4v) is 4.68. The zero-order chi connectivity index (χ0) is 31.7. The number of phenolic OH excluding ortho intramolecular Hbond substituents is 1. The van der Waals surface area contributed by atoms with Crippen molar-refractivity contribution in [3.63, 3.8) is 0 Å². The molecule has 0 aliphatic heterocycles. The summed E-state index contributed by atoms with van der Waals surface area (Å²) in [6.07, 6.45) is 4.70. The Hall–Kier alpha value is -4.52. The van der Waals surface area contributed by atoms with Gasteiger partial charge in [-0.3, -0.25) is 9.59 Å². The number of halogens is 1. The number of hydrogen-bond acceptors (Lipinski definition) is 6. The first-order valence-electron chi connectivity index (χ1n) is 13.6. The van der Waals surface area contributed by atoms with Crippen LogP contribution in [0.1, 0.15) is 49.1 Å². The molecule has 0 spiro atoms. The summed E-state index contributed by atoms with van der Waals surface area (Å²) in [7, 11) is 0. The highest BCUT2D eigenvalue weighted by Crippen LogP contribution is 2.30. The molecular formula is C33H36ClN3O6. The second-order valence-electron chi connectivity index (χ2n) is 10.9. The minimum Gasteiger partial charge on any atom is -0.508 e. The van der Waals surface area contributed by atoms with Crippen molar-refractivity contribution in [3.8, 4) is 18.1 Å². The van der Waals surface area contributed by atoms with Crippen LogP contribution in [0.15, 0.2) is 66.7 Å². The van der Waals surface area contributed by atoms with Gasteiger partial charge in [0.15, 0.2) is 0 Å². The minimum atomic E-state index is -1.25. The Bertz CT molecular complexity index is 1460. The quantitative estimate of drug-likeness (QED) is 0.242. The third-order valence-electron chi connectivity index (χ3n) is 6.41. The standard InChI is InChI=1S/C33H36ClN3O6/c1-6-22-10-14-24(15-11-22)29(30(40)36-28-21(2)8-7-9-26(28)34)37(18-19-38)31(41)27(35-32(42)43-33(3,4)5)20-23-12-16-25(39)17-13-23/h1,7-17,27,29,38-39H,18-20H2,2-5H3,(H,35,42)(H,36,40). The number of rotatable bonds is 10. The van der Waals surface area contributed by atoms with E-state index in [1.807, 2.05) is 0 Å². The van der Waals surface area contributed by atoms with Crippen LogP contribution in [-0.4, -0.2) is 57.8 Å². The number of terminal acetylenes is 1. The molecule has 0 aliphatic rings. The zero-order valence-corrected chi connectivity index (χ0v) is 25.3. The van der Waals surface area contributed by atoms with Gasteiger partial charge in [-0.25, -0.2) is 4.79 Å². The number of amides is 3. The molecule has 10 heteroatoms. The van der Waals surface area contributed by atoms with Gasteiger partial charge < -0.3 is 30.5 Å². The molecule has 0 saturated heterocycles. The summed E-state index contributed by atoms with van der Waals surface area (Å²) in [6, 6.07) is 15.4. The van der Waals surface area contributed by atoms with Gasteiger partial charge in [0.1, 0.15) is 23.4 Å². The maximum Gasteiger partial charge on any atom is 0.408 e. The number of hydrogen-bond donors (Lipinski definition) is 4. The van der Waals surface area contributed by atoms with E-state index >= 15 is 0 Å². The Kier molecular flexibility index (Phi) is 11.2. The molecule has 3 amide bonds. The van der Waals surface area contributed by atoms with Crippen molar-refractivity contribution >= 4 is 35.2 Å². The molecule has 3 aromatic rings. The Morgan fingerprint density at radius 3 is 2.26 bits per heavy atom. The molecule has 0 aliphatic carbocycles. The van der Waals surface area contributed by atoms with Crippen LogP contribution in [0.25, 0.3) is 0 Å². The number of nitrogens with one attached hydrogen (secondary N) is 2. The summed E-state index contributed by atoms with van der Waals surface area (Å²) in [5, 5.41) is 25.6. The second kappa shape index (κ2) is 14.6. The number of alkyl carbamates (subject to hydrolysis) is 1. The molecule has 3 aromatic carbocycles. The molecule has 43 heavy (non-hydrogen) atoms. The number of phenols is 1. The molecule has 0 radical (unpaired) electrons. The summed E-state index contributed by atoms with van der Waals surface area (Å²) in [6.45, 7) is 6.15. The smallest absolute Gasteiger partial charge is 0.408 e. The van der Waals surface area contributed by atoms with Gasteiger partial charge in [-0.2, -0.15) is 0 Å². The SMILES string of the molecule is C#Cc1ccc(C(C(=O)Nc2c(C)cccc2Cl)N(CCO)C(=O)C(Cc2ccc(O)cc2)NC(=O)OC(C)(C)C)cc1. The third-order valence-corrected chi connectivity index (χ3v) is 6.73. The van der Waals surface area contributed by atoms with E-state index in [1.165, 1.54) is 17.0 Å². The first-order valence-corrected chi connectivity index (χ1v) is 14.0. The summed E-state index contributed by atoms with van der Waals surface area (Å²) in [5.41, 5.74) is 1.87. The van der Waals surface area contributed by atoms with Crippen LogP contribution in [0.3, 0.4) is 0 Å². The van der Waals surface area contributed by atoms with Crippen LogP contribution in [-0.2, 0) is 20.7 Å². The molecule has 226 valence electrons. The number of carbonyl (C=O) groups is 3. The first kappa shape index (κ1) is 33.0. The summed E-state index contributed by atoms with van der Waals surface area (Å²) < 4.78 is 5.42. The lowest BCUT2D eigenvalue weighted by Gasteiger charge is -2.34. The van der Waals surface area contributed by atoms with Crippen molar-refractivity contribution in [2.75, 3.05) is 18.5 Å². The predicted molar refractivity (Wildman–Crippen MR) is 166 cm³/mol. The van der Waals surface area contributed by atoms with E-state index in [0.717, 1.165) is 0 Å². The molecule has 2 unspecified atom stereocenters. The fraction of sp³-hybridized carbons (Fsp3) is 0.303. The molecule has 0 saturated carbocycles. The van der Waals surface area contributed by atoms with Crippen molar-refractivity contribution < 1.29 is 29.3 Å². The Balaban J connectivity index is 2.08. The van der Waals surface area contributed by atoms with Gasteiger partial charge in [0.05, 0.1) is 17.3 Å². The van der Waals surface area contributed by atoms with E-state index in [2.05, 4.69) is 16.6 Å². The van der Waals surface area contributed by atoms with E-state index in [0.29, 0.717) is 33.0 Å². The topological polar surface area (TPSA) is 128 Å². The van der Waals surface area contributed by atoms with Crippen molar-refractivity contribution in [3.05, 3.63) is 94.0 Å². The van der Waals surface area contributed by atoms with Crippen molar-refractivity contribution in [1.29, 1.82) is 0 Å².